The maximum atomic E-state index is 13.5. The van der Waals surface area contributed by atoms with Crippen molar-refractivity contribution in [2.24, 2.45) is 0 Å². The fourth-order valence-corrected chi connectivity index (χ4v) is 1.78. The summed E-state index contributed by atoms with van der Waals surface area (Å²) in [4.78, 5) is 11.5. The molecular weight excluding hydrogens is 297 g/mol. The first kappa shape index (κ1) is 16.4. The average molecular weight is 313 g/mol. The standard InChI is InChI=1S/C18H16FNO3/c1-22-17-10-9-14(12-16(17)19)8-5-11-20-18(21)23-13-15-6-3-2-4-7-15/h2-4,6-7,9-10,12H,11,13H2,1H3,(H,20,21). The Morgan fingerprint density at radius 3 is 2.70 bits per heavy atom. The zero-order valence-corrected chi connectivity index (χ0v) is 12.6. The van der Waals surface area contributed by atoms with E-state index in [2.05, 4.69) is 17.2 Å². The first-order valence-corrected chi connectivity index (χ1v) is 6.96. The second kappa shape index (κ2) is 8.44. The summed E-state index contributed by atoms with van der Waals surface area (Å²) in [7, 11) is 1.40. The van der Waals surface area contributed by atoms with Crippen LogP contribution in [-0.4, -0.2) is 19.7 Å². The highest BCUT2D eigenvalue weighted by Gasteiger charge is 2.02. The zero-order chi connectivity index (χ0) is 16.5. The van der Waals surface area contributed by atoms with Crippen molar-refractivity contribution in [3.05, 3.63) is 65.5 Å². The van der Waals surface area contributed by atoms with Crippen LogP contribution in [0.3, 0.4) is 0 Å². The Morgan fingerprint density at radius 2 is 2.00 bits per heavy atom. The van der Waals surface area contributed by atoms with Crippen LogP contribution < -0.4 is 10.1 Å². The average Bonchev–Trinajstić information content (AvgIpc) is 2.58. The summed E-state index contributed by atoms with van der Waals surface area (Å²) < 4.78 is 23.3. The molecule has 0 aliphatic carbocycles. The molecule has 2 rings (SSSR count). The summed E-state index contributed by atoms with van der Waals surface area (Å²) in [6, 6.07) is 13.8. The van der Waals surface area contributed by atoms with Crippen LogP contribution in [0.1, 0.15) is 11.1 Å². The molecule has 0 spiro atoms. The highest BCUT2D eigenvalue weighted by Crippen LogP contribution is 2.16. The maximum Gasteiger partial charge on any atom is 0.408 e. The summed E-state index contributed by atoms with van der Waals surface area (Å²) >= 11 is 0. The lowest BCUT2D eigenvalue weighted by atomic mass is 10.2. The van der Waals surface area contributed by atoms with Gasteiger partial charge in [0.15, 0.2) is 11.6 Å². The van der Waals surface area contributed by atoms with Gasteiger partial charge in [-0.1, -0.05) is 42.2 Å². The molecule has 0 saturated heterocycles. The number of ether oxygens (including phenoxy) is 2. The number of nitrogens with one attached hydrogen (secondary N) is 1. The van der Waals surface area contributed by atoms with Crippen molar-refractivity contribution in [3.63, 3.8) is 0 Å². The molecule has 1 amide bonds. The molecule has 4 nitrogen and oxygen atoms in total. The Balaban J connectivity index is 1.76. The number of rotatable bonds is 4. The Morgan fingerprint density at radius 1 is 1.22 bits per heavy atom. The molecule has 0 fully saturated rings. The molecule has 0 radical (unpaired) electrons. The first-order valence-electron chi connectivity index (χ1n) is 6.96. The molecule has 2 aromatic rings. The van der Waals surface area contributed by atoms with E-state index in [1.54, 1.807) is 6.07 Å². The van der Waals surface area contributed by atoms with Gasteiger partial charge in [0.2, 0.25) is 0 Å². The normalized spacial score (nSPS) is 9.48. The van der Waals surface area contributed by atoms with Crippen LogP contribution in [0.4, 0.5) is 9.18 Å². The van der Waals surface area contributed by atoms with Crippen LogP contribution in [-0.2, 0) is 11.3 Å². The second-order valence-corrected chi connectivity index (χ2v) is 4.57. The number of amides is 1. The molecule has 23 heavy (non-hydrogen) atoms. The molecule has 0 aromatic heterocycles. The number of hydrogen-bond donors (Lipinski definition) is 1. The Kier molecular flexibility index (Phi) is 6.01. The number of hydrogen-bond acceptors (Lipinski definition) is 3. The lowest BCUT2D eigenvalue weighted by Crippen LogP contribution is -2.24. The van der Waals surface area contributed by atoms with Gasteiger partial charge in [-0.05, 0) is 23.8 Å². The van der Waals surface area contributed by atoms with Gasteiger partial charge in [0.05, 0.1) is 13.7 Å². The van der Waals surface area contributed by atoms with Crippen LogP contribution in [0.15, 0.2) is 48.5 Å². The molecule has 0 bridgehead atoms. The lowest BCUT2D eigenvalue weighted by Gasteiger charge is -2.04. The lowest BCUT2D eigenvalue weighted by molar-refractivity contribution is 0.141. The molecule has 0 aliphatic rings. The van der Waals surface area contributed by atoms with E-state index in [0.29, 0.717) is 5.56 Å². The molecule has 0 unspecified atom stereocenters. The van der Waals surface area contributed by atoms with E-state index < -0.39 is 11.9 Å². The summed E-state index contributed by atoms with van der Waals surface area (Å²) in [5.74, 6) is 5.16. The quantitative estimate of drug-likeness (QED) is 0.882. The van der Waals surface area contributed by atoms with Crippen molar-refractivity contribution in [2.45, 2.75) is 6.61 Å². The molecule has 5 heteroatoms. The number of halogens is 1. The van der Waals surface area contributed by atoms with Gasteiger partial charge in [0, 0.05) is 5.56 Å². The SMILES string of the molecule is COc1ccc(C#CCNC(=O)OCc2ccccc2)cc1F. The van der Waals surface area contributed by atoms with E-state index in [-0.39, 0.29) is 18.9 Å². The number of carbonyl (C=O) groups excluding carboxylic acids is 1. The largest absolute Gasteiger partial charge is 0.494 e. The minimum atomic E-state index is -0.552. The van der Waals surface area contributed by atoms with Crippen molar-refractivity contribution in [3.8, 4) is 17.6 Å². The summed E-state index contributed by atoms with van der Waals surface area (Å²) in [6.45, 7) is 0.311. The Hall–Kier alpha value is -3.00. The highest BCUT2D eigenvalue weighted by molar-refractivity contribution is 5.67. The number of carbonyl (C=O) groups is 1. The smallest absolute Gasteiger partial charge is 0.408 e. The molecule has 1 N–H and O–H groups in total. The van der Waals surface area contributed by atoms with Gasteiger partial charge in [-0.15, -0.1) is 0 Å². The van der Waals surface area contributed by atoms with E-state index in [1.807, 2.05) is 30.3 Å². The van der Waals surface area contributed by atoms with Crippen molar-refractivity contribution < 1.29 is 18.7 Å². The van der Waals surface area contributed by atoms with Gasteiger partial charge < -0.3 is 14.8 Å². The van der Waals surface area contributed by atoms with Crippen LogP contribution in [0, 0.1) is 17.7 Å². The van der Waals surface area contributed by atoms with E-state index in [1.165, 1.54) is 19.2 Å². The Bertz CT molecular complexity index is 720. The van der Waals surface area contributed by atoms with E-state index in [9.17, 15) is 9.18 Å². The minimum Gasteiger partial charge on any atom is -0.494 e. The monoisotopic (exact) mass is 313 g/mol. The van der Waals surface area contributed by atoms with E-state index in [0.717, 1.165) is 5.56 Å². The predicted molar refractivity (Wildman–Crippen MR) is 84.5 cm³/mol. The summed E-state index contributed by atoms with van der Waals surface area (Å²) in [5, 5.41) is 2.51. The number of methoxy groups -OCH3 is 1. The number of benzene rings is 2. The molecular formula is C18H16FNO3. The third kappa shape index (κ3) is 5.36. The Labute approximate surface area is 134 Å². The van der Waals surface area contributed by atoms with Crippen LogP contribution in [0.25, 0.3) is 0 Å². The van der Waals surface area contributed by atoms with Gasteiger partial charge in [-0.3, -0.25) is 0 Å². The highest BCUT2D eigenvalue weighted by atomic mass is 19.1. The van der Waals surface area contributed by atoms with Crippen molar-refractivity contribution >= 4 is 6.09 Å². The van der Waals surface area contributed by atoms with E-state index >= 15 is 0 Å². The van der Waals surface area contributed by atoms with E-state index in [4.69, 9.17) is 9.47 Å². The molecule has 118 valence electrons. The molecule has 2 aromatic carbocycles. The topological polar surface area (TPSA) is 47.6 Å². The van der Waals surface area contributed by atoms with Gasteiger partial charge in [-0.25, -0.2) is 9.18 Å². The maximum absolute atomic E-state index is 13.5. The fraction of sp³-hybridized carbons (Fsp3) is 0.167. The van der Waals surface area contributed by atoms with Gasteiger partial charge in [0.1, 0.15) is 6.61 Å². The third-order valence-electron chi connectivity index (χ3n) is 2.92. The van der Waals surface area contributed by atoms with Gasteiger partial charge in [-0.2, -0.15) is 0 Å². The summed E-state index contributed by atoms with van der Waals surface area (Å²) in [6.07, 6.45) is -0.552. The molecule has 0 saturated carbocycles. The minimum absolute atomic E-state index is 0.112. The molecule has 0 aliphatic heterocycles. The van der Waals surface area contributed by atoms with Crippen LogP contribution in [0.2, 0.25) is 0 Å². The van der Waals surface area contributed by atoms with Crippen molar-refractivity contribution in [1.29, 1.82) is 0 Å². The van der Waals surface area contributed by atoms with Crippen molar-refractivity contribution in [2.75, 3.05) is 13.7 Å². The molecule has 0 atom stereocenters. The second-order valence-electron chi connectivity index (χ2n) is 4.57. The predicted octanol–water partition coefficient (Wildman–Crippen LogP) is 3.11. The zero-order valence-electron chi connectivity index (χ0n) is 12.6. The van der Waals surface area contributed by atoms with Crippen LogP contribution in [0.5, 0.6) is 5.75 Å². The third-order valence-corrected chi connectivity index (χ3v) is 2.92. The summed E-state index contributed by atoms with van der Waals surface area (Å²) in [5.41, 5.74) is 1.41. The first-order chi connectivity index (χ1) is 11.2. The fourth-order valence-electron chi connectivity index (χ4n) is 1.78. The van der Waals surface area contributed by atoms with Gasteiger partial charge in [0.25, 0.3) is 0 Å². The molecule has 0 heterocycles. The van der Waals surface area contributed by atoms with Gasteiger partial charge >= 0.3 is 6.09 Å². The van der Waals surface area contributed by atoms with Crippen LogP contribution >= 0.6 is 0 Å². The number of alkyl carbamates (subject to hydrolysis) is 1. The van der Waals surface area contributed by atoms with Crippen molar-refractivity contribution in [1.82, 2.24) is 5.32 Å².